The number of alkyl halides is 6. The normalized spacial score (nSPS) is 12.1. The summed E-state index contributed by atoms with van der Waals surface area (Å²) in [5.41, 5.74) is -5.73. The van der Waals surface area contributed by atoms with Crippen molar-refractivity contribution in [1.82, 2.24) is 0 Å². The average molecular weight is 444 g/mol. The SMILES string of the molecule is CCCCCOc1ccc(PC(=O)c2c(C(F)(F)F)cccc2C(F)(F)F)cc1.[H-].[Li+]. The molecule has 0 spiro atoms. The van der Waals surface area contributed by atoms with Crippen molar-refractivity contribution in [2.45, 2.75) is 38.5 Å². The summed E-state index contributed by atoms with van der Waals surface area (Å²) in [7, 11) is -0.889. The van der Waals surface area contributed by atoms with E-state index in [-0.39, 0.29) is 20.3 Å². The molecule has 1 atom stereocenters. The second kappa shape index (κ2) is 11.2. The Morgan fingerprint density at radius 3 is 1.93 bits per heavy atom. The van der Waals surface area contributed by atoms with Crippen LogP contribution in [0.2, 0.25) is 0 Å². The van der Waals surface area contributed by atoms with E-state index >= 15 is 0 Å². The minimum atomic E-state index is -5.08. The molecule has 160 valence electrons. The molecule has 0 aliphatic carbocycles. The number of rotatable bonds is 8. The number of hydrogen-bond donors (Lipinski definition) is 0. The second-order valence-electron chi connectivity index (χ2n) is 6.26. The number of benzene rings is 2. The first kappa shape index (κ1) is 26.6. The third kappa shape index (κ3) is 7.34. The van der Waals surface area contributed by atoms with E-state index in [9.17, 15) is 31.1 Å². The first-order chi connectivity index (χ1) is 13.5. The summed E-state index contributed by atoms with van der Waals surface area (Å²) in [5, 5.41) is 0.320. The van der Waals surface area contributed by atoms with Crippen LogP contribution in [0, 0.1) is 0 Å². The third-order valence-corrected chi connectivity index (χ3v) is 5.13. The van der Waals surface area contributed by atoms with Gasteiger partial charge >= 0.3 is 31.2 Å². The Bertz CT molecular complexity index is 809. The number of halogens is 6. The van der Waals surface area contributed by atoms with Crippen LogP contribution in [-0.2, 0) is 12.4 Å². The van der Waals surface area contributed by atoms with E-state index in [2.05, 4.69) is 0 Å². The Labute approximate surface area is 185 Å². The van der Waals surface area contributed by atoms with Gasteiger partial charge in [0.05, 0.1) is 17.7 Å². The zero-order chi connectivity index (χ0) is 21.7. The summed E-state index contributed by atoms with van der Waals surface area (Å²) in [5.74, 6) is 0.522. The Balaban J connectivity index is 0.00000450. The number of carbonyl (C=O) groups excluding carboxylic acids is 1. The third-order valence-electron chi connectivity index (χ3n) is 4.03. The predicted octanol–water partition coefficient (Wildman–Crippen LogP) is 3.55. The van der Waals surface area contributed by atoms with Crippen LogP contribution in [-0.4, -0.2) is 12.1 Å². The van der Waals surface area contributed by atoms with Gasteiger partial charge in [0, 0.05) is 5.56 Å². The number of ether oxygens (including phenoxy) is 1. The molecule has 2 rings (SSSR count). The molecular weight excluding hydrogens is 424 g/mol. The van der Waals surface area contributed by atoms with E-state index < -0.39 is 43.1 Å². The van der Waals surface area contributed by atoms with Gasteiger partial charge in [0.2, 0.25) is 0 Å². The van der Waals surface area contributed by atoms with Gasteiger partial charge in [0.25, 0.3) is 0 Å². The largest absolute Gasteiger partial charge is 1.00 e. The van der Waals surface area contributed by atoms with Crippen LogP contribution in [0.25, 0.3) is 0 Å². The first-order valence-electron chi connectivity index (χ1n) is 8.85. The maximum absolute atomic E-state index is 13.2. The maximum Gasteiger partial charge on any atom is 1.00 e. The quantitative estimate of drug-likeness (QED) is 0.270. The molecule has 0 aromatic heterocycles. The standard InChI is InChI=1S/C20H19F6O2P.Li.H/c1-2-3-4-12-28-13-8-10-14(11-9-13)29-18(27)17-15(19(21,22)23)6-5-7-16(17)20(24,25)26;;/h5-11,29H,2-4,12H2,1H3;;/q;+1;-1. The Hall–Kier alpha value is -1.48. The van der Waals surface area contributed by atoms with Crippen molar-refractivity contribution < 1.29 is 56.2 Å². The topological polar surface area (TPSA) is 26.3 Å². The molecule has 0 aliphatic rings. The van der Waals surface area contributed by atoms with Crippen LogP contribution in [0.4, 0.5) is 26.3 Å². The maximum atomic E-state index is 13.2. The van der Waals surface area contributed by atoms with E-state index in [0.29, 0.717) is 35.9 Å². The van der Waals surface area contributed by atoms with Gasteiger partial charge in [0.15, 0.2) is 5.52 Å². The monoisotopic (exact) mass is 444 g/mol. The van der Waals surface area contributed by atoms with E-state index in [0.717, 1.165) is 19.3 Å². The molecule has 10 heteroatoms. The minimum absolute atomic E-state index is 0. The Kier molecular flexibility index (Phi) is 9.94. The van der Waals surface area contributed by atoms with Crippen molar-refractivity contribution >= 4 is 19.4 Å². The van der Waals surface area contributed by atoms with Gasteiger partial charge < -0.3 is 6.16 Å². The molecule has 2 nitrogen and oxygen atoms in total. The summed E-state index contributed by atoms with van der Waals surface area (Å²) < 4.78 is 84.8. The van der Waals surface area contributed by atoms with Crippen molar-refractivity contribution in [3.63, 3.8) is 0 Å². The van der Waals surface area contributed by atoms with Crippen LogP contribution in [0.15, 0.2) is 42.5 Å². The molecule has 0 aliphatic heterocycles. The molecule has 2 aromatic rings. The average Bonchev–Trinajstić information content (AvgIpc) is 2.64. The van der Waals surface area contributed by atoms with Gasteiger partial charge in [-0.3, -0.25) is 4.79 Å². The zero-order valence-electron chi connectivity index (χ0n) is 17.5. The van der Waals surface area contributed by atoms with Crippen LogP contribution in [0.1, 0.15) is 49.1 Å². The van der Waals surface area contributed by atoms with Gasteiger partial charge in [-0.15, -0.1) is 0 Å². The molecule has 0 N–H and O–H groups in total. The first-order valence-corrected chi connectivity index (χ1v) is 9.85. The van der Waals surface area contributed by atoms with Crippen molar-refractivity contribution in [3.8, 4) is 5.75 Å². The van der Waals surface area contributed by atoms with Crippen molar-refractivity contribution in [2.24, 2.45) is 0 Å². The fraction of sp³-hybridized carbons (Fsp3) is 0.350. The molecule has 0 fully saturated rings. The number of unbranched alkanes of at least 4 members (excludes halogenated alkanes) is 2. The van der Waals surface area contributed by atoms with Crippen LogP contribution in [0.5, 0.6) is 5.75 Å². The smallest absolute Gasteiger partial charge is 1.00 e. The molecule has 0 radical (unpaired) electrons. The number of hydrogen-bond acceptors (Lipinski definition) is 2. The fourth-order valence-corrected chi connectivity index (χ4v) is 3.63. The van der Waals surface area contributed by atoms with Crippen molar-refractivity contribution in [1.29, 1.82) is 0 Å². The van der Waals surface area contributed by atoms with Gasteiger partial charge in [0.1, 0.15) is 5.75 Å². The van der Waals surface area contributed by atoms with E-state index in [4.69, 9.17) is 4.74 Å². The summed E-state index contributed by atoms with van der Waals surface area (Å²) in [6, 6.07) is 7.64. The fourth-order valence-electron chi connectivity index (χ4n) is 2.64. The minimum Gasteiger partial charge on any atom is -1.00 e. The summed E-state index contributed by atoms with van der Waals surface area (Å²) in [6.45, 7) is 2.55. The zero-order valence-corrected chi connectivity index (χ0v) is 17.5. The van der Waals surface area contributed by atoms with Crippen molar-refractivity contribution in [2.75, 3.05) is 6.61 Å². The van der Waals surface area contributed by atoms with E-state index in [1.54, 1.807) is 12.1 Å². The van der Waals surface area contributed by atoms with Gasteiger partial charge in [-0.25, -0.2) is 0 Å². The molecule has 0 amide bonds. The molecule has 30 heavy (non-hydrogen) atoms. The molecule has 2 aromatic carbocycles. The van der Waals surface area contributed by atoms with Crippen LogP contribution < -0.4 is 28.9 Å². The predicted molar refractivity (Wildman–Crippen MR) is 101 cm³/mol. The summed E-state index contributed by atoms with van der Waals surface area (Å²) in [4.78, 5) is 12.5. The molecule has 0 heterocycles. The Morgan fingerprint density at radius 1 is 0.933 bits per heavy atom. The van der Waals surface area contributed by atoms with Gasteiger partial charge in [-0.2, -0.15) is 26.3 Å². The molecular formula is C20H20F6LiO2P. The second-order valence-corrected chi connectivity index (χ2v) is 7.54. The van der Waals surface area contributed by atoms with E-state index in [1.165, 1.54) is 12.1 Å². The molecule has 1 unspecified atom stereocenters. The summed E-state index contributed by atoms with van der Waals surface area (Å²) >= 11 is 0. The molecule has 0 bridgehead atoms. The van der Waals surface area contributed by atoms with Crippen LogP contribution >= 0.6 is 8.58 Å². The number of carbonyl (C=O) groups is 1. The van der Waals surface area contributed by atoms with E-state index in [1.807, 2.05) is 6.92 Å². The van der Waals surface area contributed by atoms with Crippen LogP contribution in [0.3, 0.4) is 0 Å². The molecule has 0 saturated carbocycles. The molecule has 0 saturated heterocycles. The van der Waals surface area contributed by atoms with Gasteiger partial charge in [-0.05, 0) is 44.6 Å². The summed E-state index contributed by atoms with van der Waals surface area (Å²) in [6.07, 6.45) is -7.24. The van der Waals surface area contributed by atoms with Crippen molar-refractivity contribution in [3.05, 3.63) is 59.2 Å². The van der Waals surface area contributed by atoms with Gasteiger partial charge in [-0.1, -0.05) is 38.0 Å². The Morgan fingerprint density at radius 2 is 1.47 bits per heavy atom.